The van der Waals surface area contributed by atoms with Gasteiger partial charge in [0.15, 0.2) is 0 Å². The first kappa shape index (κ1) is 71.8. The number of carbonyl (C=O) groups excluding carboxylic acids is 6. The summed E-state index contributed by atoms with van der Waals surface area (Å²) in [6, 6.07) is 0. The molecule has 0 bridgehead atoms. The van der Waals surface area contributed by atoms with Gasteiger partial charge in [-0.2, -0.15) is 0 Å². The number of carboxylic acid groups (broad SMARTS) is 6. The average molecular weight is 406 g/mol. The van der Waals surface area contributed by atoms with Gasteiger partial charge < -0.3 is 64.9 Å². The van der Waals surface area contributed by atoms with E-state index in [2.05, 4.69) is 0 Å². The molecule has 0 saturated carbocycles. The van der Waals surface area contributed by atoms with Crippen LogP contribution < -0.4 is 30.6 Å². The fraction of sp³-hybridized carbons (Fsp3) is 0.500. The maximum absolute atomic E-state index is 8.89. The van der Waals surface area contributed by atoms with Gasteiger partial charge in [0.25, 0.3) is 0 Å². The Labute approximate surface area is 183 Å². The van der Waals surface area contributed by atoms with Gasteiger partial charge in [-0.15, -0.1) is 0 Å². The second kappa shape index (κ2) is 63.7. The maximum atomic E-state index is 8.89. The SMILES string of the molecule is CC(=O)[O-].CC(=O)[O-].CC(=O)[O-].CC(=O)[O-].CC(=O)[O-].CC(=O)[O-].[Be+2].[Be+2].[Be+2].[Be+2].[O-2]. The Morgan fingerprint density at radius 2 is 0.345 bits per heavy atom. The number of rotatable bonds is 0. The number of carbonyl (C=O) groups is 6. The largest absolute Gasteiger partial charge is 2.00 e. The molecular weight excluding hydrogens is 388 g/mol. The molecule has 0 aliphatic carbocycles. The number of hydrogen-bond donors (Lipinski definition) is 0. The third-order valence-corrected chi connectivity index (χ3v) is 0. The summed E-state index contributed by atoms with van der Waals surface area (Å²) in [6.45, 7) is 5.83. The van der Waals surface area contributed by atoms with E-state index < -0.39 is 35.8 Å². The van der Waals surface area contributed by atoms with Crippen LogP contribution in [0.1, 0.15) is 41.5 Å². The molecule has 0 N–H and O–H groups in total. The van der Waals surface area contributed by atoms with Crippen molar-refractivity contribution < 1.29 is 64.9 Å². The average Bonchev–Trinajstić information content (AvgIpc) is 2.08. The van der Waals surface area contributed by atoms with Crippen LogP contribution in [0.4, 0.5) is 0 Å². The molecule has 29 heavy (non-hydrogen) atoms. The van der Waals surface area contributed by atoms with Crippen molar-refractivity contribution in [2.45, 2.75) is 41.5 Å². The van der Waals surface area contributed by atoms with E-state index >= 15 is 0 Å². The van der Waals surface area contributed by atoms with Crippen molar-refractivity contribution in [3.05, 3.63) is 0 Å². The van der Waals surface area contributed by atoms with E-state index in [0.29, 0.717) is 0 Å². The Bertz CT molecular complexity index is 273. The molecule has 13 nitrogen and oxygen atoms in total. The Hall–Kier alpha value is -2.54. The van der Waals surface area contributed by atoms with Crippen LogP contribution in [0.5, 0.6) is 0 Å². The molecule has 0 saturated heterocycles. The third kappa shape index (κ3) is 2160. The van der Waals surface area contributed by atoms with E-state index in [9.17, 15) is 0 Å². The summed E-state index contributed by atoms with van der Waals surface area (Å²) >= 11 is 0. The number of carboxylic acids is 6. The summed E-state index contributed by atoms with van der Waals surface area (Å²) in [5.41, 5.74) is 0. The summed E-state index contributed by atoms with van der Waals surface area (Å²) in [5.74, 6) is -6.50. The van der Waals surface area contributed by atoms with Crippen molar-refractivity contribution in [3.8, 4) is 0 Å². The summed E-state index contributed by atoms with van der Waals surface area (Å²) < 4.78 is 0. The molecule has 0 aliphatic heterocycles. The van der Waals surface area contributed by atoms with E-state index in [1.165, 1.54) is 0 Å². The normalized spacial score (nSPS) is 5.17. The first-order valence-electron chi connectivity index (χ1n) is 5.45. The summed E-state index contributed by atoms with van der Waals surface area (Å²) in [4.78, 5) is 53.3. The van der Waals surface area contributed by atoms with Gasteiger partial charge >= 0.3 is 40.5 Å². The molecule has 17 heteroatoms. The monoisotopic (exact) mass is 406 g/mol. The molecule has 0 unspecified atom stereocenters. The fourth-order valence-corrected chi connectivity index (χ4v) is 0. The minimum absolute atomic E-state index is 0. The van der Waals surface area contributed by atoms with Gasteiger partial charge in [0, 0.05) is 35.8 Å². The van der Waals surface area contributed by atoms with Crippen LogP contribution in [-0.4, -0.2) is 76.3 Å². The van der Waals surface area contributed by atoms with Gasteiger partial charge in [-0.3, -0.25) is 0 Å². The van der Waals surface area contributed by atoms with Crippen molar-refractivity contribution in [1.82, 2.24) is 0 Å². The topological polar surface area (TPSA) is 269 Å². The van der Waals surface area contributed by atoms with Gasteiger partial charge in [-0.1, -0.05) is 0 Å². The first-order chi connectivity index (χ1) is 10.4. The van der Waals surface area contributed by atoms with Gasteiger partial charge in [0.1, 0.15) is 0 Å². The Balaban J connectivity index is -0.0000000144. The summed E-state index contributed by atoms with van der Waals surface area (Å²) in [7, 11) is 0. The minimum atomic E-state index is -1.08. The maximum Gasteiger partial charge on any atom is 2.00 e. The quantitative estimate of drug-likeness (QED) is 0.339. The number of aliphatic carboxylic acids is 6. The van der Waals surface area contributed by atoms with Crippen LogP contribution in [0.25, 0.3) is 0 Å². The van der Waals surface area contributed by atoms with Crippen LogP contribution in [0.15, 0.2) is 0 Å². The Kier molecular flexibility index (Phi) is 158. The van der Waals surface area contributed by atoms with Crippen LogP contribution in [0, 0.1) is 0 Å². The van der Waals surface area contributed by atoms with E-state index in [1.807, 2.05) is 0 Å². The van der Waals surface area contributed by atoms with Crippen molar-refractivity contribution >= 4 is 76.3 Å². The standard InChI is InChI=1S/6C2H4O2.4Be.O/c6*1-2(3)4;;;;;/h6*1H3,(H,3,4);;;;;/q;;;;;;4*+2;-2/p-6. The predicted molar refractivity (Wildman–Crippen MR) is 87.8 cm³/mol. The van der Waals surface area contributed by atoms with Crippen molar-refractivity contribution in [3.63, 3.8) is 0 Å². The van der Waals surface area contributed by atoms with Crippen LogP contribution in [0.3, 0.4) is 0 Å². The van der Waals surface area contributed by atoms with E-state index in [1.54, 1.807) is 0 Å². The van der Waals surface area contributed by atoms with Crippen molar-refractivity contribution in [2.24, 2.45) is 0 Å². The van der Waals surface area contributed by atoms with Gasteiger partial charge in [0.2, 0.25) is 0 Å². The van der Waals surface area contributed by atoms with Crippen LogP contribution in [-0.2, 0) is 34.2 Å². The van der Waals surface area contributed by atoms with Crippen molar-refractivity contribution in [1.29, 1.82) is 0 Å². The fourth-order valence-electron chi connectivity index (χ4n) is 0. The summed E-state index contributed by atoms with van der Waals surface area (Å²) in [6.07, 6.45) is 0. The zero-order valence-electron chi connectivity index (χ0n) is 17.1. The first-order valence-corrected chi connectivity index (χ1v) is 5.45. The number of hydrogen-bond acceptors (Lipinski definition) is 12. The second-order valence-electron chi connectivity index (χ2n) is 2.95. The molecule has 0 heterocycles. The minimum Gasteiger partial charge on any atom is -2.00 e. The second-order valence-corrected chi connectivity index (χ2v) is 2.95. The molecule has 0 aromatic carbocycles. The Morgan fingerprint density at radius 1 is 0.345 bits per heavy atom. The van der Waals surface area contributed by atoms with Gasteiger partial charge in [-0.25, -0.2) is 0 Å². The molecule has 0 rings (SSSR count). The van der Waals surface area contributed by atoms with E-state index in [0.717, 1.165) is 41.5 Å². The molecule has 0 aliphatic rings. The zero-order valence-corrected chi connectivity index (χ0v) is 17.1. The molecule has 152 valence electrons. The predicted octanol–water partition coefficient (Wildman–Crippen LogP) is -9.10. The molecule has 0 amide bonds. The molecule has 0 aromatic rings. The summed E-state index contributed by atoms with van der Waals surface area (Å²) in [5, 5.41) is 53.3. The Morgan fingerprint density at radius 3 is 0.345 bits per heavy atom. The molecule has 0 fully saturated rings. The van der Waals surface area contributed by atoms with Crippen LogP contribution >= 0.6 is 0 Å². The van der Waals surface area contributed by atoms with Crippen molar-refractivity contribution in [2.75, 3.05) is 0 Å². The van der Waals surface area contributed by atoms with E-state index in [-0.39, 0.29) is 46.0 Å². The van der Waals surface area contributed by atoms with E-state index in [4.69, 9.17) is 59.4 Å². The third-order valence-electron chi connectivity index (χ3n) is 0. The zero-order chi connectivity index (χ0) is 21.5. The smallest absolute Gasteiger partial charge is 2.00 e. The molecular formula is C12H18Be4O13. The molecule has 0 atom stereocenters. The molecule has 0 aromatic heterocycles. The van der Waals surface area contributed by atoms with Gasteiger partial charge in [0.05, 0.1) is 0 Å². The molecule has 0 radical (unpaired) electrons. The van der Waals surface area contributed by atoms with Crippen LogP contribution in [0.2, 0.25) is 0 Å². The molecule has 0 spiro atoms. The van der Waals surface area contributed by atoms with Gasteiger partial charge in [-0.05, 0) is 41.5 Å².